The first-order chi connectivity index (χ1) is 7.66. The molecule has 0 aliphatic heterocycles. The number of aromatic nitrogens is 3. The molecule has 2 heterocycles. The Bertz CT molecular complexity index is 473. The van der Waals surface area contributed by atoms with E-state index in [0.717, 1.165) is 11.9 Å². The summed E-state index contributed by atoms with van der Waals surface area (Å²) in [6.07, 6.45) is 1.06. The van der Waals surface area contributed by atoms with Crippen molar-refractivity contribution in [2.75, 3.05) is 17.7 Å². The van der Waals surface area contributed by atoms with E-state index in [0.29, 0.717) is 6.54 Å². The monoisotopic (exact) mass is 239 g/mol. The van der Waals surface area contributed by atoms with Crippen LogP contribution in [-0.2, 0) is 6.54 Å². The number of anilines is 2. The molecule has 0 atom stereocenters. The topological polar surface area (TPSA) is 67.9 Å². The Hall–Kier alpha value is -1.76. The Morgan fingerprint density at radius 2 is 2.31 bits per heavy atom. The van der Waals surface area contributed by atoms with E-state index in [2.05, 4.69) is 15.0 Å². The molecule has 0 fully saturated rings. The van der Waals surface area contributed by atoms with Crippen LogP contribution in [0, 0.1) is 5.82 Å². The van der Waals surface area contributed by atoms with E-state index >= 15 is 0 Å². The quantitative estimate of drug-likeness (QED) is 0.874. The smallest absolute Gasteiger partial charge is 0.222 e. The zero-order chi connectivity index (χ0) is 11.5. The van der Waals surface area contributed by atoms with Gasteiger partial charge in [0.05, 0.1) is 23.9 Å². The van der Waals surface area contributed by atoms with Crippen LogP contribution in [0.1, 0.15) is 5.69 Å². The lowest BCUT2D eigenvalue weighted by Crippen LogP contribution is -2.20. The molecule has 16 heavy (non-hydrogen) atoms. The van der Waals surface area contributed by atoms with Gasteiger partial charge in [-0.1, -0.05) is 0 Å². The minimum atomic E-state index is -0.494. The molecular weight excluding hydrogens is 229 g/mol. The first kappa shape index (κ1) is 10.7. The van der Waals surface area contributed by atoms with Gasteiger partial charge in [-0.3, -0.25) is 0 Å². The average Bonchev–Trinajstić information content (AvgIpc) is 2.74. The van der Waals surface area contributed by atoms with Crippen molar-refractivity contribution in [3.05, 3.63) is 28.6 Å². The van der Waals surface area contributed by atoms with Crippen molar-refractivity contribution in [1.82, 2.24) is 15.0 Å². The summed E-state index contributed by atoms with van der Waals surface area (Å²) in [6.45, 7) is 0.483. The van der Waals surface area contributed by atoms with Crippen LogP contribution in [0.2, 0.25) is 0 Å². The van der Waals surface area contributed by atoms with Gasteiger partial charge in [-0.2, -0.15) is 4.98 Å². The molecule has 0 radical (unpaired) electrons. The molecule has 0 aromatic carbocycles. The van der Waals surface area contributed by atoms with E-state index in [1.165, 1.54) is 11.3 Å². The molecule has 0 aliphatic carbocycles. The summed E-state index contributed by atoms with van der Waals surface area (Å²) in [5, 5.41) is 1.90. The first-order valence-corrected chi connectivity index (χ1v) is 5.47. The third-order valence-corrected chi connectivity index (χ3v) is 2.62. The van der Waals surface area contributed by atoms with E-state index in [9.17, 15) is 4.39 Å². The van der Waals surface area contributed by atoms with Crippen molar-refractivity contribution >= 4 is 23.1 Å². The Morgan fingerprint density at radius 1 is 1.50 bits per heavy atom. The van der Waals surface area contributed by atoms with E-state index in [-0.39, 0.29) is 11.8 Å². The second-order valence-corrected chi connectivity index (χ2v) is 3.95. The molecule has 0 aliphatic rings. The molecule has 0 amide bonds. The number of thiazole rings is 1. The van der Waals surface area contributed by atoms with Crippen LogP contribution in [-0.4, -0.2) is 22.0 Å². The predicted molar refractivity (Wildman–Crippen MR) is 60.6 cm³/mol. The lowest BCUT2D eigenvalue weighted by atomic mass is 10.4. The Balaban J connectivity index is 2.20. The SMILES string of the molecule is CN(Cc1cscn1)c1nc(N)ncc1F. The van der Waals surface area contributed by atoms with Crippen LogP contribution >= 0.6 is 11.3 Å². The second kappa shape index (κ2) is 4.40. The Morgan fingerprint density at radius 3 is 3.00 bits per heavy atom. The van der Waals surface area contributed by atoms with Crippen molar-refractivity contribution in [3.8, 4) is 0 Å². The summed E-state index contributed by atoms with van der Waals surface area (Å²) in [6, 6.07) is 0. The lowest BCUT2D eigenvalue weighted by molar-refractivity contribution is 0.607. The number of halogens is 1. The van der Waals surface area contributed by atoms with Crippen molar-refractivity contribution in [2.45, 2.75) is 6.54 Å². The zero-order valence-corrected chi connectivity index (χ0v) is 9.41. The zero-order valence-electron chi connectivity index (χ0n) is 8.59. The van der Waals surface area contributed by atoms with E-state index < -0.39 is 5.82 Å². The highest BCUT2D eigenvalue weighted by Crippen LogP contribution is 2.17. The molecule has 2 aromatic heterocycles. The third-order valence-electron chi connectivity index (χ3n) is 1.99. The molecule has 0 saturated carbocycles. The number of nitrogens with zero attached hydrogens (tertiary/aromatic N) is 4. The Kier molecular flexibility index (Phi) is 2.95. The van der Waals surface area contributed by atoms with Crippen LogP contribution in [0.3, 0.4) is 0 Å². The number of rotatable bonds is 3. The van der Waals surface area contributed by atoms with Crippen LogP contribution in [0.15, 0.2) is 17.1 Å². The molecule has 5 nitrogen and oxygen atoms in total. The highest BCUT2D eigenvalue weighted by atomic mass is 32.1. The minimum absolute atomic E-state index is 0.0570. The van der Waals surface area contributed by atoms with Crippen molar-refractivity contribution in [2.24, 2.45) is 0 Å². The maximum Gasteiger partial charge on any atom is 0.222 e. The highest BCUT2D eigenvalue weighted by Gasteiger charge is 2.11. The van der Waals surface area contributed by atoms with Crippen molar-refractivity contribution in [1.29, 1.82) is 0 Å². The standard InChI is InChI=1S/C9H10FN5S/c1-15(3-6-4-16-5-13-6)8-7(10)2-12-9(11)14-8/h2,4-5H,3H2,1H3,(H2,11,12,14). The third kappa shape index (κ3) is 2.25. The van der Waals surface area contributed by atoms with Crippen LogP contribution in [0.5, 0.6) is 0 Å². The second-order valence-electron chi connectivity index (χ2n) is 3.24. The van der Waals surface area contributed by atoms with Gasteiger partial charge in [-0.05, 0) is 0 Å². The molecule has 7 heteroatoms. The fourth-order valence-electron chi connectivity index (χ4n) is 1.27. The van der Waals surface area contributed by atoms with Crippen molar-refractivity contribution < 1.29 is 4.39 Å². The largest absolute Gasteiger partial charge is 0.368 e. The van der Waals surface area contributed by atoms with Gasteiger partial charge in [0.25, 0.3) is 0 Å². The van der Waals surface area contributed by atoms with Gasteiger partial charge < -0.3 is 10.6 Å². The van der Waals surface area contributed by atoms with Crippen LogP contribution < -0.4 is 10.6 Å². The molecule has 2 N–H and O–H groups in total. The van der Waals surface area contributed by atoms with Crippen LogP contribution in [0.25, 0.3) is 0 Å². The molecule has 0 unspecified atom stereocenters. The van der Waals surface area contributed by atoms with Gasteiger partial charge in [-0.15, -0.1) is 11.3 Å². The van der Waals surface area contributed by atoms with Crippen molar-refractivity contribution in [3.63, 3.8) is 0 Å². The normalized spacial score (nSPS) is 10.4. The van der Waals surface area contributed by atoms with E-state index in [1.54, 1.807) is 17.5 Å². The molecule has 0 bridgehead atoms. The fourth-order valence-corrected chi connectivity index (χ4v) is 1.82. The average molecular weight is 239 g/mol. The van der Waals surface area contributed by atoms with Gasteiger partial charge in [-0.25, -0.2) is 14.4 Å². The molecule has 84 valence electrons. The number of nitrogen functional groups attached to an aromatic ring is 1. The first-order valence-electron chi connectivity index (χ1n) is 4.53. The van der Waals surface area contributed by atoms with Gasteiger partial charge in [0.1, 0.15) is 0 Å². The van der Waals surface area contributed by atoms with Gasteiger partial charge >= 0.3 is 0 Å². The summed E-state index contributed by atoms with van der Waals surface area (Å²) < 4.78 is 13.4. The number of hydrogen-bond donors (Lipinski definition) is 1. The summed E-state index contributed by atoms with van der Waals surface area (Å²) in [4.78, 5) is 13.2. The van der Waals surface area contributed by atoms with E-state index in [1.807, 2.05) is 5.38 Å². The summed E-state index contributed by atoms with van der Waals surface area (Å²) in [5.74, 6) is -0.256. The van der Waals surface area contributed by atoms with Gasteiger partial charge in [0.2, 0.25) is 5.95 Å². The molecule has 2 aromatic rings. The maximum absolute atomic E-state index is 13.4. The highest BCUT2D eigenvalue weighted by molar-refractivity contribution is 7.07. The maximum atomic E-state index is 13.4. The van der Waals surface area contributed by atoms with Gasteiger partial charge in [0, 0.05) is 12.4 Å². The minimum Gasteiger partial charge on any atom is -0.368 e. The van der Waals surface area contributed by atoms with Crippen LogP contribution in [0.4, 0.5) is 16.2 Å². The molecular formula is C9H10FN5S. The fraction of sp³-hybridized carbons (Fsp3) is 0.222. The summed E-state index contributed by atoms with van der Waals surface area (Å²) >= 11 is 1.50. The molecule has 2 rings (SSSR count). The number of hydrogen-bond acceptors (Lipinski definition) is 6. The van der Waals surface area contributed by atoms with E-state index in [4.69, 9.17) is 5.73 Å². The lowest BCUT2D eigenvalue weighted by Gasteiger charge is -2.17. The summed E-state index contributed by atoms with van der Waals surface area (Å²) in [5.41, 5.74) is 8.00. The molecule has 0 spiro atoms. The number of nitrogens with two attached hydrogens (primary N) is 1. The molecule has 0 saturated heterocycles. The Labute approximate surface area is 95.8 Å². The van der Waals surface area contributed by atoms with Gasteiger partial charge in [0.15, 0.2) is 11.6 Å². The summed E-state index contributed by atoms with van der Waals surface area (Å²) in [7, 11) is 1.73. The predicted octanol–water partition coefficient (Wildman–Crippen LogP) is 1.29.